The van der Waals surface area contributed by atoms with E-state index in [2.05, 4.69) is 15.4 Å². The summed E-state index contributed by atoms with van der Waals surface area (Å²) in [5.74, 6) is -0.0181. The van der Waals surface area contributed by atoms with Crippen LogP contribution in [0.4, 0.5) is 32.2 Å². The predicted molar refractivity (Wildman–Crippen MR) is 92.2 cm³/mol. The number of hydrogen-bond acceptors (Lipinski definition) is 5. The fourth-order valence-corrected chi connectivity index (χ4v) is 2.94. The second-order valence-corrected chi connectivity index (χ2v) is 6.69. The average Bonchev–Trinajstić information content (AvgIpc) is 3.01. The number of anilines is 1. The number of hydrogen-bond donors (Lipinski definition) is 2. The van der Waals surface area contributed by atoms with Gasteiger partial charge in [0, 0.05) is 14.1 Å². The number of aliphatic imine (C=N–C) groups is 1. The van der Waals surface area contributed by atoms with Crippen LogP contribution in [0, 0.1) is 0 Å². The first-order chi connectivity index (χ1) is 13.3. The molecule has 12 heteroatoms. The third-order valence-corrected chi connectivity index (χ3v) is 4.46. The Morgan fingerprint density at radius 3 is 2.14 bits per heavy atom. The van der Waals surface area contributed by atoms with Gasteiger partial charge in [-0.05, 0) is 24.6 Å². The van der Waals surface area contributed by atoms with Crippen LogP contribution >= 0.6 is 0 Å². The molecule has 0 aliphatic carbocycles. The first kappa shape index (κ1) is 21.0. The molecule has 2 aromatic rings. The Kier molecular flexibility index (Phi) is 5.01. The summed E-state index contributed by atoms with van der Waals surface area (Å²) in [6.07, 6.45) is -11.2. The van der Waals surface area contributed by atoms with Gasteiger partial charge in [-0.15, -0.1) is 0 Å². The molecule has 29 heavy (non-hydrogen) atoms. The summed E-state index contributed by atoms with van der Waals surface area (Å²) >= 11 is 0. The molecule has 1 aromatic carbocycles. The van der Waals surface area contributed by atoms with Crippen molar-refractivity contribution in [2.75, 3.05) is 19.4 Å². The highest BCUT2D eigenvalue weighted by Crippen LogP contribution is 2.42. The van der Waals surface area contributed by atoms with Crippen LogP contribution in [-0.4, -0.2) is 39.8 Å². The summed E-state index contributed by atoms with van der Waals surface area (Å²) in [7, 11) is 3.16. The van der Waals surface area contributed by atoms with Gasteiger partial charge < -0.3 is 15.3 Å². The number of aromatic nitrogens is 2. The molecule has 1 aliphatic rings. The van der Waals surface area contributed by atoms with E-state index in [1.807, 2.05) is 0 Å². The van der Waals surface area contributed by atoms with Crippen molar-refractivity contribution in [1.82, 2.24) is 14.7 Å². The van der Waals surface area contributed by atoms with E-state index in [0.717, 1.165) is 16.8 Å². The highest BCUT2D eigenvalue weighted by molar-refractivity contribution is 5.95. The zero-order valence-corrected chi connectivity index (χ0v) is 15.5. The maximum atomic E-state index is 13.5. The number of benzene rings is 1. The molecule has 2 N–H and O–H groups in total. The SMILES string of the molecule is C[C@@H](c1ccc(C(F)(F)F)cc1)n1nc(C(F)(F)F)c2c1NC(N(C)C)=NC2O. The maximum absolute atomic E-state index is 13.5. The van der Waals surface area contributed by atoms with E-state index in [1.165, 1.54) is 24.0 Å². The van der Waals surface area contributed by atoms with Crippen LogP contribution in [0.3, 0.4) is 0 Å². The van der Waals surface area contributed by atoms with Crippen LogP contribution in [0.5, 0.6) is 0 Å². The number of aliphatic hydroxyl groups excluding tert-OH is 1. The maximum Gasteiger partial charge on any atom is 0.435 e. The van der Waals surface area contributed by atoms with Gasteiger partial charge in [0.1, 0.15) is 5.82 Å². The minimum atomic E-state index is -4.86. The normalized spacial score (nSPS) is 18.0. The van der Waals surface area contributed by atoms with E-state index >= 15 is 0 Å². The number of halogens is 6. The van der Waals surface area contributed by atoms with Crippen molar-refractivity contribution in [3.8, 4) is 0 Å². The lowest BCUT2D eigenvalue weighted by Gasteiger charge is -2.26. The Balaban J connectivity index is 2.09. The standard InChI is InChI=1S/C17H17F6N5O/c1-8(9-4-6-10(7-5-9)16(18,19)20)28-13-11(12(26-28)17(21,22)23)14(29)25-15(24-13)27(2)3/h4-8,14,29H,1-3H3,(H,24,25)/t8-,14?/m0/s1. The fourth-order valence-electron chi connectivity index (χ4n) is 2.94. The minimum absolute atomic E-state index is 0.111. The second kappa shape index (κ2) is 6.94. The number of rotatable bonds is 2. The molecule has 6 nitrogen and oxygen atoms in total. The van der Waals surface area contributed by atoms with Crippen molar-refractivity contribution in [3.63, 3.8) is 0 Å². The van der Waals surface area contributed by atoms with Crippen molar-refractivity contribution >= 4 is 11.8 Å². The topological polar surface area (TPSA) is 65.7 Å². The van der Waals surface area contributed by atoms with Crippen LogP contribution in [0.15, 0.2) is 29.3 Å². The second-order valence-electron chi connectivity index (χ2n) is 6.69. The van der Waals surface area contributed by atoms with Crippen LogP contribution < -0.4 is 5.32 Å². The van der Waals surface area contributed by atoms with Gasteiger partial charge in [0.05, 0.1) is 17.2 Å². The average molecular weight is 421 g/mol. The molecular formula is C17H17F6N5O. The van der Waals surface area contributed by atoms with Crippen molar-refractivity contribution in [2.45, 2.75) is 31.5 Å². The molecule has 1 aromatic heterocycles. The monoisotopic (exact) mass is 421 g/mol. The van der Waals surface area contributed by atoms with Crippen molar-refractivity contribution in [1.29, 1.82) is 0 Å². The smallest absolute Gasteiger partial charge is 0.368 e. The number of guanidine groups is 1. The molecule has 1 aliphatic heterocycles. The molecule has 0 radical (unpaired) electrons. The summed E-state index contributed by atoms with van der Waals surface area (Å²) in [6, 6.07) is 3.19. The molecule has 3 rings (SSSR count). The number of alkyl halides is 6. The molecular weight excluding hydrogens is 404 g/mol. The number of aliphatic hydroxyl groups is 1. The lowest BCUT2D eigenvalue weighted by molar-refractivity contribution is -0.143. The van der Waals surface area contributed by atoms with Crippen LogP contribution in [0.1, 0.15) is 41.6 Å². The quantitative estimate of drug-likeness (QED) is 0.723. The number of nitrogens with zero attached hydrogens (tertiary/aromatic N) is 4. The van der Waals surface area contributed by atoms with Gasteiger partial charge in [-0.2, -0.15) is 31.4 Å². The third kappa shape index (κ3) is 3.88. The highest BCUT2D eigenvalue weighted by Gasteiger charge is 2.43. The summed E-state index contributed by atoms with van der Waals surface area (Å²) in [4.78, 5) is 5.25. The summed E-state index contributed by atoms with van der Waals surface area (Å²) in [5, 5.41) is 16.5. The molecule has 2 atom stereocenters. The molecule has 158 valence electrons. The summed E-state index contributed by atoms with van der Waals surface area (Å²) in [5.41, 5.74) is -2.42. The summed E-state index contributed by atoms with van der Waals surface area (Å²) < 4.78 is 79.7. The molecule has 2 heterocycles. The lowest BCUT2D eigenvalue weighted by atomic mass is 10.1. The van der Waals surface area contributed by atoms with Crippen LogP contribution in [0.2, 0.25) is 0 Å². The Morgan fingerprint density at radius 2 is 1.66 bits per heavy atom. The summed E-state index contributed by atoms with van der Waals surface area (Å²) in [6.45, 7) is 1.49. The lowest BCUT2D eigenvalue weighted by Crippen LogP contribution is -2.34. The molecule has 0 saturated heterocycles. The first-order valence-electron chi connectivity index (χ1n) is 8.37. The van der Waals surface area contributed by atoms with Crippen LogP contribution in [0.25, 0.3) is 0 Å². The molecule has 0 bridgehead atoms. The molecule has 0 saturated carbocycles. The Morgan fingerprint density at radius 1 is 1.07 bits per heavy atom. The van der Waals surface area contributed by atoms with Gasteiger partial charge in [-0.3, -0.25) is 0 Å². The van der Waals surface area contributed by atoms with Gasteiger partial charge in [-0.1, -0.05) is 12.1 Å². The van der Waals surface area contributed by atoms with Crippen molar-refractivity contribution in [3.05, 3.63) is 46.6 Å². The molecule has 0 amide bonds. The Hall–Kier alpha value is -2.76. The van der Waals surface area contributed by atoms with Crippen LogP contribution in [-0.2, 0) is 12.4 Å². The van der Waals surface area contributed by atoms with Gasteiger partial charge >= 0.3 is 12.4 Å². The zero-order chi connectivity index (χ0) is 21.7. The zero-order valence-electron chi connectivity index (χ0n) is 15.5. The van der Waals surface area contributed by atoms with Crippen molar-refractivity contribution < 1.29 is 31.4 Å². The van der Waals surface area contributed by atoms with E-state index in [9.17, 15) is 31.4 Å². The van der Waals surface area contributed by atoms with E-state index in [-0.39, 0.29) is 11.8 Å². The predicted octanol–water partition coefficient (Wildman–Crippen LogP) is 3.86. The fraction of sp³-hybridized carbons (Fsp3) is 0.412. The molecule has 0 spiro atoms. The van der Waals surface area contributed by atoms with Gasteiger partial charge in [0.2, 0.25) is 5.96 Å². The van der Waals surface area contributed by atoms with E-state index in [4.69, 9.17) is 0 Å². The van der Waals surface area contributed by atoms with E-state index < -0.39 is 41.4 Å². The number of nitrogens with one attached hydrogen (secondary N) is 1. The Bertz CT molecular complexity index is 930. The van der Waals surface area contributed by atoms with Gasteiger partial charge in [0.25, 0.3) is 0 Å². The number of fused-ring (bicyclic) bond motifs is 1. The molecule has 0 fully saturated rings. The Labute approximate surface area is 161 Å². The third-order valence-electron chi connectivity index (χ3n) is 4.46. The highest BCUT2D eigenvalue weighted by atomic mass is 19.4. The first-order valence-corrected chi connectivity index (χ1v) is 8.37. The van der Waals surface area contributed by atoms with E-state index in [0.29, 0.717) is 5.56 Å². The minimum Gasteiger partial charge on any atom is -0.368 e. The van der Waals surface area contributed by atoms with Gasteiger partial charge in [0.15, 0.2) is 11.9 Å². The van der Waals surface area contributed by atoms with Gasteiger partial charge in [-0.25, -0.2) is 9.67 Å². The van der Waals surface area contributed by atoms with Crippen molar-refractivity contribution in [2.24, 2.45) is 4.99 Å². The molecule has 1 unspecified atom stereocenters. The van der Waals surface area contributed by atoms with E-state index in [1.54, 1.807) is 14.1 Å². The largest absolute Gasteiger partial charge is 0.435 e.